The largest absolute Gasteiger partial charge is 0.397 e. The van der Waals surface area contributed by atoms with Crippen LogP contribution in [-0.4, -0.2) is 12.6 Å². The molecule has 1 aromatic rings. The Kier molecular flexibility index (Phi) is 2.60. The second-order valence-electron chi connectivity index (χ2n) is 6.76. The molecule has 1 saturated heterocycles. The summed E-state index contributed by atoms with van der Waals surface area (Å²) in [4.78, 5) is 0. The van der Waals surface area contributed by atoms with Crippen molar-refractivity contribution in [1.82, 2.24) is 5.32 Å². The Labute approximate surface area is 114 Å². The quantitative estimate of drug-likeness (QED) is 0.352. The van der Waals surface area contributed by atoms with Gasteiger partial charge in [-0.3, -0.25) is 5.84 Å². The number of rotatable bonds is 1. The summed E-state index contributed by atoms with van der Waals surface area (Å²) < 4.78 is 0. The van der Waals surface area contributed by atoms with Gasteiger partial charge in [-0.1, -0.05) is 20.8 Å². The summed E-state index contributed by atoms with van der Waals surface area (Å²) in [5, 5.41) is 3.67. The fourth-order valence-corrected chi connectivity index (χ4v) is 3.96. The first-order chi connectivity index (χ1) is 8.90. The zero-order valence-electron chi connectivity index (χ0n) is 12.0. The van der Waals surface area contributed by atoms with Crippen LogP contribution in [-0.2, 0) is 11.8 Å². The summed E-state index contributed by atoms with van der Waals surface area (Å²) in [6.07, 6.45) is 2.20. The maximum absolute atomic E-state index is 6.05. The third kappa shape index (κ3) is 1.53. The molecule has 4 nitrogen and oxygen atoms in total. The van der Waals surface area contributed by atoms with Crippen molar-refractivity contribution < 1.29 is 0 Å². The van der Waals surface area contributed by atoms with E-state index in [9.17, 15) is 0 Å². The second kappa shape index (κ2) is 3.87. The van der Waals surface area contributed by atoms with Gasteiger partial charge in [0.2, 0.25) is 0 Å². The molecule has 0 spiro atoms. The average Bonchev–Trinajstić information content (AvgIpc) is 2.33. The first-order valence-corrected chi connectivity index (χ1v) is 7.03. The normalized spacial score (nSPS) is 31.7. The highest BCUT2D eigenvalue weighted by Gasteiger charge is 2.53. The van der Waals surface area contributed by atoms with Gasteiger partial charge < -0.3 is 16.5 Å². The van der Waals surface area contributed by atoms with Crippen LogP contribution >= 0.6 is 0 Å². The predicted octanol–water partition coefficient (Wildman–Crippen LogP) is 1.76. The van der Waals surface area contributed by atoms with Crippen LogP contribution in [0.4, 0.5) is 11.4 Å². The molecule has 0 amide bonds. The van der Waals surface area contributed by atoms with Crippen LogP contribution in [0.1, 0.15) is 38.3 Å². The first kappa shape index (κ1) is 12.8. The van der Waals surface area contributed by atoms with Gasteiger partial charge >= 0.3 is 0 Å². The van der Waals surface area contributed by atoms with Gasteiger partial charge in [0, 0.05) is 11.5 Å². The third-order valence-electron chi connectivity index (χ3n) is 5.76. The Morgan fingerprint density at radius 2 is 2.05 bits per heavy atom. The van der Waals surface area contributed by atoms with E-state index in [2.05, 4.69) is 43.6 Å². The molecule has 2 atom stereocenters. The molecule has 4 heteroatoms. The molecule has 6 N–H and O–H groups in total. The summed E-state index contributed by atoms with van der Waals surface area (Å²) in [5.74, 6) is 5.58. The number of hydrazine groups is 1. The lowest BCUT2D eigenvalue weighted by Gasteiger charge is -2.57. The Balaban J connectivity index is 2.22. The Morgan fingerprint density at radius 3 is 2.74 bits per heavy atom. The fraction of sp³-hybridized carbons (Fsp3) is 0.600. The number of benzene rings is 1. The minimum absolute atomic E-state index is 0.176. The summed E-state index contributed by atoms with van der Waals surface area (Å²) in [5.41, 5.74) is 13.6. The highest BCUT2D eigenvalue weighted by molar-refractivity contribution is 5.69. The molecule has 1 aliphatic carbocycles. The predicted molar refractivity (Wildman–Crippen MR) is 79.9 cm³/mol. The van der Waals surface area contributed by atoms with Crippen molar-refractivity contribution in [1.29, 1.82) is 0 Å². The Hall–Kier alpha value is -1.26. The van der Waals surface area contributed by atoms with Crippen molar-refractivity contribution in [3.63, 3.8) is 0 Å². The molecule has 19 heavy (non-hydrogen) atoms. The van der Waals surface area contributed by atoms with Gasteiger partial charge in [-0.25, -0.2) is 0 Å². The molecule has 0 aromatic heterocycles. The van der Waals surface area contributed by atoms with Crippen molar-refractivity contribution >= 4 is 11.4 Å². The third-order valence-corrected chi connectivity index (χ3v) is 5.76. The maximum atomic E-state index is 6.05. The smallest absolute Gasteiger partial charge is 0.0719 e. The molecule has 2 aliphatic rings. The number of nitrogens with one attached hydrogen (secondary N) is 2. The topological polar surface area (TPSA) is 76.1 Å². The standard InChI is InChI=1S/C15H24N4/c1-14(2)13-7-9-6-11(16)12(19-17)8-10(9)15(14,3)4-5-18-13/h6,8,13,18-19H,4-5,7,16-17H2,1-3H3/t13-,15+/m1/s1. The SMILES string of the molecule is CC1(C)[C@H]2Cc3cc(N)c(NN)cc3[C@]1(C)CCN2. The molecule has 1 aliphatic heterocycles. The van der Waals surface area contributed by atoms with Crippen LogP contribution in [0.2, 0.25) is 0 Å². The van der Waals surface area contributed by atoms with Gasteiger partial charge in [-0.2, -0.15) is 0 Å². The molecule has 2 bridgehead atoms. The van der Waals surface area contributed by atoms with Crippen molar-refractivity contribution in [3.8, 4) is 0 Å². The molecule has 3 rings (SSSR count). The molecule has 1 heterocycles. The monoisotopic (exact) mass is 260 g/mol. The minimum atomic E-state index is 0.176. The van der Waals surface area contributed by atoms with Crippen molar-refractivity contribution in [3.05, 3.63) is 23.3 Å². The molecular formula is C15H24N4. The number of nitrogen functional groups attached to an aromatic ring is 2. The first-order valence-electron chi connectivity index (χ1n) is 7.03. The van der Waals surface area contributed by atoms with Gasteiger partial charge in [0.15, 0.2) is 0 Å². The minimum Gasteiger partial charge on any atom is -0.397 e. The van der Waals surface area contributed by atoms with E-state index in [1.165, 1.54) is 11.1 Å². The van der Waals surface area contributed by atoms with E-state index in [-0.39, 0.29) is 10.8 Å². The zero-order valence-corrected chi connectivity index (χ0v) is 12.0. The van der Waals surface area contributed by atoms with Gasteiger partial charge in [0.05, 0.1) is 11.4 Å². The molecule has 0 radical (unpaired) electrons. The molecule has 0 unspecified atom stereocenters. The lowest BCUT2D eigenvalue weighted by atomic mass is 9.51. The number of anilines is 2. The molecule has 1 aromatic carbocycles. The highest BCUT2D eigenvalue weighted by atomic mass is 15.2. The van der Waals surface area contributed by atoms with E-state index in [4.69, 9.17) is 11.6 Å². The summed E-state index contributed by atoms with van der Waals surface area (Å²) in [6.45, 7) is 8.21. The number of hydrogen-bond acceptors (Lipinski definition) is 4. The van der Waals surface area contributed by atoms with Crippen molar-refractivity contribution in [2.75, 3.05) is 17.7 Å². The molecule has 0 saturated carbocycles. The van der Waals surface area contributed by atoms with Crippen LogP contribution in [0.15, 0.2) is 12.1 Å². The Bertz CT molecular complexity index is 523. The maximum Gasteiger partial charge on any atom is 0.0719 e. The fourth-order valence-electron chi connectivity index (χ4n) is 3.96. The van der Waals surface area contributed by atoms with Gasteiger partial charge in [0.25, 0.3) is 0 Å². The van der Waals surface area contributed by atoms with Gasteiger partial charge in [0.1, 0.15) is 0 Å². The Morgan fingerprint density at radius 1 is 1.32 bits per heavy atom. The number of piperidine rings is 1. The van der Waals surface area contributed by atoms with Crippen LogP contribution in [0.5, 0.6) is 0 Å². The van der Waals surface area contributed by atoms with Crippen LogP contribution in [0.25, 0.3) is 0 Å². The van der Waals surface area contributed by atoms with E-state index in [0.29, 0.717) is 6.04 Å². The summed E-state index contributed by atoms with van der Waals surface area (Å²) >= 11 is 0. The zero-order chi connectivity index (χ0) is 13.8. The van der Waals surface area contributed by atoms with Gasteiger partial charge in [-0.05, 0) is 48.1 Å². The van der Waals surface area contributed by atoms with Crippen LogP contribution in [0.3, 0.4) is 0 Å². The molecule has 104 valence electrons. The van der Waals surface area contributed by atoms with Crippen LogP contribution in [0, 0.1) is 5.41 Å². The highest BCUT2D eigenvalue weighted by Crippen LogP contribution is 2.54. The van der Waals surface area contributed by atoms with E-state index in [0.717, 1.165) is 30.8 Å². The summed E-state index contributed by atoms with van der Waals surface area (Å²) in [7, 11) is 0. The van der Waals surface area contributed by atoms with Crippen molar-refractivity contribution in [2.45, 2.75) is 45.1 Å². The van der Waals surface area contributed by atoms with Crippen LogP contribution < -0.4 is 22.3 Å². The molecular weight excluding hydrogens is 236 g/mol. The van der Waals surface area contributed by atoms with E-state index < -0.39 is 0 Å². The number of hydrogen-bond donors (Lipinski definition) is 4. The average molecular weight is 260 g/mol. The van der Waals surface area contributed by atoms with E-state index >= 15 is 0 Å². The second-order valence-corrected chi connectivity index (χ2v) is 6.76. The van der Waals surface area contributed by atoms with Gasteiger partial charge in [-0.15, -0.1) is 0 Å². The molecule has 1 fully saturated rings. The summed E-state index contributed by atoms with van der Waals surface area (Å²) in [6, 6.07) is 4.78. The lowest BCUT2D eigenvalue weighted by molar-refractivity contribution is 0.0560. The van der Waals surface area contributed by atoms with E-state index in [1.807, 2.05) is 0 Å². The van der Waals surface area contributed by atoms with Crippen molar-refractivity contribution in [2.24, 2.45) is 11.3 Å². The number of nitrogens with two attached hydrogens (primary N) is 2. The lowest BCUT2D eigenvalue weighted by Crippen LogP contribution is -2.62. The number of fused-ring (bicyclic) bond motifs is 4. The van der Waals surface area contributed by atoms with E-state index in [1.54, 1.807) is 0 Å².